The second-order valence-electron chi connectivity index (χ2n) is 6.78. The van der Waals surface area contributed by atoms with E-state index in [0.717, 1.165) is 43.4 Å². The summed E-state index contributed by atoms with van der Waals surface area (Å²) in [6.07, 6.45) is 5.09. The zero-order valence-corrected chi connectivity index (χ0v) is 15.0. The first-order valence-corrected chi connectivity index (χ1v) is 9.13. The van der Waals surface area contributed by atoms with E-state index < -0.39 is 11.4 Å². The number of hydrogen-bond donors (Lipinski definition) is 2. The predicted octanol–water partition coefficient (Wildman–Crippen LogP) is 3.11. The summed E-state index contributed by atoms with van der Waals surface area (Å²) >= 11 is 0. The van der Waals surface area contributed by atoms with Gasteiger partial charge in [-0.25, -0.2) is 0 Å². The van der Waals surface area contributed by atoms with Crippen LogP contribution in [0.1, 0.15) is 60.0 Å². The van der Waals surface area contributed by atoms with Crippen LogP contribution in [0.3, 0.4) is 0 Å². The first-order chi connectivity index (χ1) is 12.6. The summed E-state index contributed by atoms with van der Waals surface area (Å²) in [6, 6.07) is 9.02. The third-order valence-corrected chi connectivity index (χ3v) is 5.31. The molecule has 1 aromatic heterocycles. The van der Waals surface area contributed by atoms with Crippen LogP contribution < -0.4 is 5.32 Å². The van der Waals surface area contributed by atoms with E-state index in [1.54, 1.807) is 12.1 Å². The van der Waals surface area contributed by atoms with Gasteiger partial charge in [0.05, 0.1) is 0 Å². The Morgan fingerprint density at radius 3 is 2.62 bits per heavy atom. The molecule has 26 heavy (non-hydrogen) atoms. The minimum Gasteiger partial charge on any atom is -0.481 e. The number of carboxylic acids is 1. The average Bonchev–Trinajstić information content (AvgIpc) is 2.91. The van der Waals surface area contributed by atoms with Crippen LogP contribution in [0.15, 0.2) is 34.9 Å². The molecule has 2 N–H and O–H groups in total. The molecule has 1 aliphatic carbocycles. The third-order valence-electron chi connectivity index (χ3n) is 5.31. The topological polar surface area (TPSA) is 92.4 Å². The van der Waals surface area contributed by atoms with Crippen LogP contribution in [0, 0.1) is 0 Å². The molecule has 0 radical (unpaired) electrons. The van der Waals surface area contributed by atoms with Gasteiger partial charge in [-0.05, 0) is 31.2 Å². The standard InChI is InChI=1S/C20H24N2O4/c1-2-20(19(24)25,14-9-5-3-6-10-14)13-21-18(23)17-15-11-7-4-8-12-16(15)26-22-17/h3,5-6,9-10H,2,4,7-8,11-13H2,1H3,(H,21,23)(H,24,25). The van der Waals surface area contributed by atoms with Gasteiger partial charge in [0.25, 0.3) is 5.91 Å². The Morgan fingerprint density at radius 1 is 1.19 bits per heavy atom. The second-order valence-corrected chi connectivity index (χ2v) is 6.78. The summed E-state index contributed by atoms with van der Waals surface area (Å²) in [7, 11) is 0. The quantitative estimate of drug-likeness (QED) is 0.776. The number of nitrogens with zero attached hydrogens (tertiary/aromatic N) is 1. The van der Waals surface area contributed by atoms with Gasteiger partial charge in [0.2, 0.25) is 0 Å². The Labute approximate surface area is 152 Å². The highest BCUT2D eigenvalue weighted by atomic mass is 16.5. The van der Waals surface area contributed by atoms with Crippen molar-refractivity contribution >= 4 is 11.9 Å². The lowest BCUT2D eigenvalue weighted by molar-refractivity contribution is -0.143. The number of aromatic nitrogens is 1. The number of nitrogens with one attached hydrogen (secondary N) is 1. The Bertz CT molecular complexity index is 784. The largest absolute Gasteiger partial charge is 0.481 e. The van der Waals surface area contributed by atoms with E-state index in [1.165, 1.54) is 0 Å². The van der Waals surface area contributed by atoms with Crippen LogP contribution >= 0.6 is 0 Å². The number of carbonyl (C=O) groups is 2. The average molecular weight is 356 g/mol. The van der Waals surface area contributed by atoms with Crippen LogP contribution in [0.5, 0.6) is 0 Å². The summed E-state index contributed by atoms with van der Waals surface area (Å²) in [4.78, 5) is 24.7. The first kappa shape index (κ1) is 18.2. The Hall–Kier alpha value is -2.63. The van der Waals surface area contributed by atoms with Crippen LogP contribution in [-0.4, -0.2) is 28.7 Å². The lowest BCUT2D eigenvalue weighted by Crippen LogP contribution is -2.46. The Kier molecular flexibility index (Phi) is 5.40. The summed E-state index contributed by atoms with van der Waals surface area (Å²) in [5.41, 5.74) is 0.675. The predicted molar refractivity (Wildman–Crippen MR) is 96.1 cm³/mol. The molecule has 0 fully saturated rings. The number of aryl methyl sites for hydroxylation is 1. The molecule has 1 aromatic carbocycles. The van der Waals surface area contributed by atoms with Crippen molar-refractivity contribution in [2.75, 3.05) is 6.54 Å². The van der Waals surface area contributed by atoms with Crippen LogP contribution in [0.2, 0.25) is 0 Å². The highest BCUT2D eigenvalue weighted by Gasteiger charge is 2.39. The molecule has 6 heteroatoms. The number of rotatable bonds is 6. The molecule has 1 aliphatic rings. The van der Waals surface area contributed by atoms with Gasteiger partial charge in [0.1, 0.15) is 11.2 Å². The summed E-state index contributed by atoms with van der Waals surface area (Å²) < 4.78 is 5.35. The van der Waals surface area contributed by atoms with Crippen molar-refractivity contribution in [1.82, 2.24) is 10.5 Å². The van der Waals surface area contributed by atoms with E-state index in [-0.39, 0.29) is 12.5 Å². The molecule has 1 atom stereocenters. The smallest absolute Gasteiger partial charge is 0.315 e. The fourth-order valence-electron chi connectivity index (χ4n) is 3.59. The molecule has 3 rings (SSSR count). The lowest BCUT2D eigenvalue weighted by atomic mass is 9.78. The fourth-order valence-corrected chi connectivity index (χ4v) is 3.59. The van der Waals surface area contributed by atoms with Crippen molar-refractivity contribution in [3.8, 4) is 0 Å². The zero-order valence-electron chi connectivity index (χ0n) is 15.0. The molecule has 0 spiro atoms. The summed E-state index contributed by atoms with van der Waals surface area (Å²) in [5.74, 6) is -0.534. The molecule has 1 amide bonds. The maximum atomic E-state index is 12.7. The van der Waals surface area contributed by atoms with Gasteiger partial charge in [-0.1, -0.05) is 48.8 Å². The molecule has 0 aliphatic heterocycles. The molecular formula is C20H24N2O4. The zero-order chi connectivity index (χ0) is 18.6. The van der Waals surface area contributed by atoms with Crippen molar-refractivity contribution in [3.05, 3.63) is 52.9 Å². The van der Waals surface area contributed by atoms with E-state index in [2.05, 4.69) is 10.5 Å². The van der Waals surface area contributed by atoms with E-state index in [1.807, 2.05) is 25.1 Å². The minimum absolute atomic E-state index is 0.00329. The fraction of sp³-hybridized carbons (Fsp3) is 0.450. The number of amides is 1. The summed E-state index contributed by atoms with van der Waals surface area (Å²) in [5, 5.41) is 16.6. The van der Waals surface area contributed by atoms with Gasteiger partial charge in [0, 0.05) is 18.5 Å². The molecule has 0 bridgehead atoms. The van der Waals surface area contributed by atoms with Gasteiger partial charge in [-0.15, -0.1) is 0 Å². The summed E-state index contributed by atoms with van der Waals surface area (Å²) in [6.45, 7) is 1.82. The van der Waals surface area contributed by atoms with Gasteiger partial charge in [-0.3, -0.25) is 9.59 Å². The number of carbonyl (C=O) groups excluding carboxylic acids is 1. The van der Waals surface area contributed by atoms with Crippen molar-refractivity contribution < 1.29 is 19.2 Å². The van der Waals surface area contributed by atoms with E-state index >= 15 is 0 Å². The number of fused-ring (bicyclic) bond motifs is 1. The molecule has 1 heterocycles. The normalized spacial score (nSPS) is 16.2. The number of carboxylic acid groups (broad SMARTS) is 1. The van der Waals surface area contributed by atoms with E-state index in [9.17, 15) is 14.7 Å². The first-order valence-electron chi connectivity index (χ1n) is 9.13. The van der Waals surface area contributed by atoms with Crippen molar-refractivity contribution in [2.45, 2.75) is 50.9 Å². The number of aliphatic carboxylic acids is 1. The van der Waals surface area contributed by atoms with Crippen LogP contribution in [-0.2, 0) is 23.1 Å². The molecule has 0 saturated carbocycles. The van der Waals surface area contributed by atoms with Gasteiger partial charge >= 0.3 is 5.97 Å². The van der Waals surface area contributed by atoms with Crippen LogP contribution in [0.4, 0.5) is 0 Å². The minimum atomic E-state index is -1.17. The molecule has 2 aromatic rings. The highest BCUT2D eigenvalue weighted by molar-refractivity contribution is 5.94. The van der Waals surface area contributed by atoms with Crippen molar-refractivity contribution in [1.29, 1.82) is 0 Å². The molecule has 138 valence electrons. The second kappa shape index (κ2) is 7.72. The van der Waals surface area contributed by atoms with Gasteiger partial charge in [-0.2, -0.15) is 0 Å². The molecule has 6 nitrogen and oxygen atoms in total. The van der Waals surface area contributed by atoms with Crippen LogP contribution in [0.25, 0.3) is 0 Å². The maximum absolute atomic E-state index is 12.7. The highest BCUT2D eigenvalue weighted by Crippen LogP contribution is 2.28. The molecule has 1 unspecified atom stereocenters. The maximum Gasteiger partial charge on any atom is 0.315 e. The van der Waals surface area contributed by atoms with Crippen molar-refractivity contribution in [3.63, 3.8) is 0 Å². The number of hydrogen-bond acceptors (Lipinski definition) is 4. The molecular weight excluding hydrogens is 332 g/mol. The van der Waals surface area contributed by atoms with E-state index in [4.69, 9.17) is 4.52 Å². The monoisotopic (exact) mass is 356 g/mol. The Balaban J connectivity index is 1.81. The lowest BCUT2D eigenvalue weighted by Gasteiger charge is -2.29. The molecule has 0 saturated heterocycles. The SMILES string of the molecule is CCC(CNC(=O)c1noc2c1CCCCC2)(C(=O)O)c1ccccc1. The van der Waals surface area contributed by atoms with Gasteiger partial charge < -0.3 is 14.9 Å². The van der Waals surface area contributed by atoms with Crippen molar-refractivity contribution in [2.24, 2.45) is 0 Å². The third kappa shape index (κ3) is 3.36. The Morgan fingerprint density at radius 2 is 1.92 bits per heavy atom. The van der Waals surface area contributed by atoms with E-state index in [0.29, 0.717) is 17.7 Å². The number of benzene rings is 1. The van der Waals surface area contributed by atoms with Gasteiger partial charge in [0.15, 0.2) is 5.69 Å².